The molecule has 0 radical (unpaired) electrons. The Balaban J connectivity index is 2.23. The molecule has 2 aromatic rings. The summed E-state index contributed by atoms with van der Waals surface area (Å²) >= 11 is 9.22. The minimum Gasteiger partial charge on any atom is -0.494 e. The van der Waals surface area contributed by atoms with E-state index in [1.807, 2.05) is 12.1 Å². The Labute approximate surface area is 135 Å². The van der Waals surface area contributed by atoms with Gasteiger partial charge in [-0.05, 0) is 53.0 Å². The van der Waals surface area contributed by atoms with Gasteiger partial charge in [-0.15, -0.1) is 11.3 Å². The van der Waals surface area contributed by atoms with Crippen LogP contribution < -0.4 is 4.74 Å². The van der Waals surface area contributed by atoms with E-state index in [4.69, 9.17) is 4.74 Å². The Hall–Kier alpha value is -0.320. The van der Waals surface area contributed by atoms with Gasteiger partial charge in [-0.1, -0.05) is 35.0 Å². The summed E-state index contributed by atoms with van der Waals surface area (Å²) in [5.41, 5.74) is 1.22. The van der Waals surface area contributed by atoms with Gasteiger partial charge in [-0.3, -0.25) is 0 Å². The molecule has 0 aliphatic rings. The van der Waals surface area contributed by atoms with Crippen molar-refractivity contribution in [2.75, 3.05) is 6.61 Å². The number of ether oxygens (including phenoxy) is 1. The first-order valence-electron chi connectivity index (χ1n) is 6.24. The van der Waals surface area contributed by atoms with E-state index in [0.717, 1.165) is 23.2 Å². The van der Waals surface area contributed by atoms with Crippen molar-refractivity contribution >= 4 is 43.2 Å². The lowest BCUT2D eigenvalue weighted by molar-refractivity contribution is 0.317. The average Bonchev–Trinajstić information content (AvgIpc) is 2.75. The molecule has 1 unspecified atom stereocenters. The molecule has 102 valence electrons. The number of halogens is 2. The van der Waals surface area contributed by atoms with E-state index in [-0.39, 0.29) is 4.83 Å². The number of aryl methyl sites for hydroxylation is 1. The van der Waals surface area contributed by atoms with Crippen molar-refractivity contribution in [2.45, 2.75) is 25.1 Å². The fourth-order valence-corrected chi connectivity index (χ4v) is 4.81. The number of alkyl halides is 1. The van der Waals surface area contributed by atoms with Crippen LogP contribution in [0.4, 0.5) is 0 Å². The first-order chi connectivity index (χ1) is 9.11. The van der Waals surface area contributed by atoms with Crippen molar-refractivity contribution in [1.82, 2.24) is 0 Å². The standard InChI is InChI=1S/C15H16Br2OS/c1-3-7-18-12-6-4-5-11(9-12)14(17)15-13(16)8-10(2)19-15/h4-6,8-9,14H,3,7H2,1-2H3. The van der Waals surface area contributed by atoms with Crippen LogP contribution in [0.15, 0.2) is 34.8 Å². The molecule has 0 saturated heterocycles. The summed E-state index contributed by atoms with van der Waals surface area (Å²) in [5, 5.41) is 0. The van der Waals surface area contributed by atoms with E-state index in [2.05, 4.69) is 63.9 Å². The van der Waals surface area contributed by atoms with Crippen LogP contribution in [0.1, 0.15) is 33.5 Å². The maximum atomic E-state index is 5.69. The summed E-state index contributed by atoms with van der Waals surface area (Å²) in [6.07, 6.45) is 1.03. The summed E-state index contributed by atoms with van der Waals surface area (Å²) in [7, 11) is 0. The van der Waals surface area contributed by atoms with Crippen LogP contribution in [0.25, 0.3) is 0 Å². The zero-order chi connectivity index (χ0) is 13.8. The molecule has 0 bridgehead atoms. The Kier molecular flexibility index (Phi) is 5.48. The summed E-state index contributed by atoms with van der Waals surface area (Å²) < 4.78 is 6.85. The Morgan fingerprint density at radius 3 is 2.74 bits per heavy atom. The molecule has 4 heteroatoms. The summed E-state index contributed by atoms with van der Waals surface area (Å²) in [6.45, 7) is 5.00. The van der Waals surface area contributed by atoms with Gasteiger partial charge in [0.1, 0.15) is 5.75 Å². The molecular weight excluding hydrogens is 388 g/mol. The van der Waals surface area contributed by atoms with Gasteiger partial charge in [0.15, 0.2) is 0 Å². The van der Waals surface area contributed by atoms with Gasteiger partial charge in [0.05, 0.1) is 11.4 Å². The molecular formula is C15H16Br2OS. The van der Waals surface area contributed by atoms with Crippen LogP contribution in [0.5, 0.6) is 5.75 Å². The highest BCUT2D eigenvalue weighted by atomic mass is 79.9. The molecule has 1 nitrogen and oxygen atoms in total. The summed E-state index contributed by atoms with van der Waals surface area (Å²) in [6, 6.07) is 10.4. The fourth-order valence-electron chi connectivity index (χ4n) is 1.81. The third-order valence-electron chi connectivity index (χ3n) is 2.69. The predicted octanol–water partition coefficient (Wildman–Crippen LogP) is 6.09. The third-order valence-corrected chi connectivity index (χ3v) is 6.01. The molecule has 0 aliphatic carbocycles. The minimum atomic E-state index is 0.200. The number of thiophene rings is 1. The SMILES string of the molecule is CCCOc1cccc(C(Br)c2sc(C)cc2Br)c1. The molecule has 1 atom stereocenters. The lowest BCUT2D eigenvalue weighted by Crippen LogP contribution is -1.97. The smallest absolute Gasteiger partial charge is 0.119 e. The molecule has 0 amide bonds. The van der Waals surface area contributed by atoms with Crippen LogP contribution in [-0.4, -0.2) is 6.61 Å². The van der Waals surface area contributed by atoms with Gasteiger partial charge in [-0.25, -0.2) is 0 Å². The maximum absolute atomic E-state index is 5.69. The summed E-state index contributed by atoms with van der Waals surface area (Å²) in [4.78, 5) is 2.81. The largest absolute Gasteiger partial charge is 0.494 e. The minimum absolute atomic E-state index is 0.200. The highest BCUT2D eigenvalue weighted by Gasteiger charge is 2.16. The van der Waals surface area contributed by atoms with E-state index in [9.17, 15) is 0 Å². The number of hydrogen-bond donors (Lipinski definition) is 0. The van der Waals surface area contributed by atoms with Crippen LogP contribution in [0, 0.1) is 6.92 Å². The third kappa shape index (κ3) is 3.83. The molecule has 1 aromatic heterocycles. The molecule has 1 heterocycles. The lowest BCUT2D eigenvalue weighted by Gasteiger charge is -2.11. The van der Waals surface area contributed by atoms with Gasteiger partial charge in [-0.2, -0.15) is 0 Å². The zero-order valence-corrected chi connectivity index (χ0v) is 14.9. The number of hydrogen-bond acceptors (Lipinski definition) is 2. The second-order valence-electron chi connectivity index (χ2n) is 4.35. The van der Waals surface area contributed by atoms with Crippen molar-refractivity contribution in [2.24, 2.45) is 0 Å². The molecule has 0 aliphatic heterocycles. The van der Waals surface area contributed by atoms with Crippen molar-refractivity contribution in [1.29, 1.82) is 0 Å². The fraction of sp³-hybridized carbons (Fsp3) is 0.333. The van der Waals surface area contributed by atoms with E-state index in [0.29, 0.717) is 0 Å². The topological polar surface area (TPSA) is 9.23 Å². The number of benzene rings is 1. The molecule has 19 heavy (non-hydrogen) atoms. The second kappa shape index (κ2) is 6.91. The van der Waals surface area contributed by atoms with E-state index >= 15 is 0 Å². The highest BCUT2D eigenvalue weighted by Crippen LogP contribution is 2.41. The maximum Gasteiger partial charge on any atom is 0.119 e. The van der Waals surface area contributed by atoms with E-state index in [1.165, 1.54) is 15.3 Å². The van der Waals surface area contributed by atoms with E-state index < -0.39 is 0 Å². The van der Waals surface area contributed by atoms with Crippen molar-refractivity contribution in [3.63, 3.8) is 0 Å². The molecule has 0 saturated carbocycles. The Morgan fingerprint density at radius 2 is 2.11 bits per heavy atom. The van der Waals surface area contributed by atoms with Crippen LogP contribution in [0.3, 0.4) is 0 Å². The van der Waals surface area contributed by atoms with Crippen molar-refractivity contribution in [3.05, 3.63) is 50.1 Å². The van der Waals surface area contributed by atoms with Gasteiger partial charge in [0.2, 0.25) is 0 Å². The van der Waals surface area contributed by atoms with Gasteiger partial charge in [0, 0.05) is 14.2 Å². The number of rotatable bonds is 5. The van der Waals surface area contributed by atoms with Gasteiger partial charge in [0.25, 0.3) is 0 Å². The van der Waals surface area contributed by atoms with Crippen molar-refractivity contribution < 1.29 is 4.74 Å². The van der Waals surface area contributed by atoms with Gasteiger partial charge < -0.3 is 4.74 Å². The Bertz CT molecular complexity index is 551. The Morgan fingerprint density at radius 1 is 1.32 bits per heavy atom. The molecule has 0 spiro atoms. The zero-order valence-electron chi connectivity index (χ0n) is 11.0. The van der Waals surface area contributed by atoms with Crippen molar-refractivity contribution in [3.8, 4) is 5.75 Å². The normalized spacial score (nSPS) is 12.4. The average molecular weight is 404 g/mol. The second-order valence-corrected chi connectivity index (χ2v) is 7.41. The van der Waals surface area contributed by atoms with Gasteiger partial charge >= 0.3 is 0 Å². The van der Waals surface area contributed by atoms with Crippen LogP contribution in [0.2, 0.25) is 0 Å². The van der Waals surface area contributed by atoms with Crippen LogP contribution >= 0.6 is 43.2 Å². The molecule has 2 rings (SSSR count). The molecule has 1 aromatic carbocycles. The first-order valence-corrected chi connectivity index (χ1v) is 8.77. The monoisotopic (exact) mass is 402 g/mol. The highest BCUT2D eigenvalue weighted by molar-refractivity contribution is 9.11. The van der Waals surface area contributed by atoms with E-state index in [1.54, 1.807) is 11.3 Å². The molecule has 0 N–H and O–H groups in total. The lowest BCUT2D eigenvalue weighted by atomic mass is 10.1. The van der Waals surface area contributed by atoms with Crippen LogP contribution in [-0.2, 0) is 0 Å². The molecule has 0 fully saturated rings. The first kappa shape index (κ1) is 15.1. The predicted molar refractivity (Wildman–Crippen MR) is 89.8 cm³/mol. The summed E-state index contributed by atoms with van der Waals surface area (Å²) in [5.74, 6) is 0.938. The quantitative estimate of drug-likeness (QED) is 0.548.